The second-order valence-corrected chi connectivity index (χ2v) is 3.97. The second kappa shape index (κ2) is 3.53. The van der Waals surface area contributed by atoms with Gasteiger partial charge >= 0.3 is 0 Å². The summed E-state index contributed by atoms with van der Waals surface area (Å²) in [5, 5.41) is 0. The summed E-state index contributed by atoms with van der Waals surface area (Å²) in [6, 6.07) is 1.39. The molecule has 2 rings (SSSR count). The van der Waals surface area contributed by atoms with E-state index in [9.17, 15) is 4.79 Å². The van der Waals surface area contributed by atoms with Gasteiger partial charge in [-0.05, 0) is 19.8 Å². The van der Waals surface area contributed by atoms with Crippen LogP contribution < -0.4 is 11.3 Å². The number of rotatable bonds is 2. The first kappa shape index (κ1) is 9.40. The molecule has 1 atom stereocenters. The zero-order valence-corrected chi connectivity index (χ0v) is 8.29. The van der Waals surface area contributed by atoms with Gasteiger partial charge in [0.05, 0.1) is 11.7 Å². The number of hydrogen-bond donors (Lipinski definition) is 2. The van der Waals surface area contributed by atoms with Crippen molar-refractivity contribution < 1.29 is 0 Å². The molecule has 0 aromatic carbocycles. The van der Waals surface area contributed by atoms with Crippen LogP contribution in [0.2, 0.25) is 0 Å². The summed E-state index contributed by atoms with van der Waals surface area (Å²) in [4.78, 5) is 18.3. The number of nitrogens with two attached hydrogens (primary N) is 1. The van der Waals surface area contributed by atoms with Crippen LogP contribution in [0.15, 0.2) is 10.9 Å². The molecular weight excluding hydrogens is 178 g/mol. The van der Waals surface area contributed by atoms with E-state index >= 15 is 0 Å². The van der Waals surface area contributed by atoms with Gasteiger partial charge in [0.25, 0.3) is 5.56 Å². The summed E-state index contributed by atoms with van der Waals surface area (Å²) in [6.07, 6.45) is 3.54. The molecule has 1 aliphatic rings. The van der Waals surface area contributed by atoms with Crippen LogP contribution in [0.5, 0.6) is 0 Å². The summed E-state index contributed by atoms with van der Waals surface area (Å²) in [5.74, 6) is 1.08. The maximum absolute atomic E-state index is 11.3. The molecule has 4 nitrogen and oxygen atoms in total. The standard InChI is InChI=1S/C10H15N3O/c1-6(11)10-12-8(5-9(14)13-10)7-3-2-4-7/h5-7H,2-4,11H2,1H3,(H,12,13,14). The van der Waals surface area contributed by atoms with E-state index in [1.807, 2.05) is 6.92 Å². The van der Waals surface area contributed by atoms with Crippen LogP contribution in [-0.4, -0.2) is 9.97 Å². The Morgan fingerprint density at radius 2 is 2.36 bits per heavy atom. The fourth-order valence-electron chi connectivity index (χ4n) is 1.62. The lowest BCUT2D eigenvalue weighted by molar-refractivity contribution is 0.408. The highest BCUT2D eigenvalue weighted by molar-refractivity contribution is 5.12. The molecule has 0 radical (unpaired) electrons. The van der Waals surface area contributed by atoms with E-state index in [1.165, 1.54) is 6.42 Å². The van der Waals surface area contributed by atoms with Gasteiger partial charge in [-0.1, -0.05) is 6.42 Å². The lowest BCUT2D eigenvalue weighted by Gasteiger charge is -2.24. The smallest absolute Gasteiger partial charge is 0.251 e. The Labute approximate surface area is 82.6 Å². The summed E-state index contributed by atoms with van der Waals surface area (Å²) in [7, 11) is 0. The Bertz CT molecular complexity index is 379. The Kier molecular flexibility index (Phi) is 2.37. The van der Waals surface area contributed by atoms with Crippen LogP contribution in [0.25, 0.3) is 0 Å². The molecule has 14 heavy (non-hydrogen) atoms. The van der Waals surface area contributed by atoms with Crippen LogP contribution in [0.1, 0.15) is 49.7 Å². The molecular formula is C10H15N3O. The molecule has 0 aliphatic heterocycles. The second-order valence-electron chi connectivity index (χ2n) is 3.97. The molecule has 3 N–H and O–H groups in total. The molecule has 0 saturated heterocycles. The third-order valence-corrected chi connectivity index (χ3v) is 2.73. The monoisotopic (exact) mass is 193 g/mol. The van der Waals surface area contributed by atoms with Crippen molar-refractivity contribution in [2.45, 2.75) is 38.1 Å². The average Bonchev–Trinajstić information content (AvgIpc) is 1.99. The molecule has 4 heteroatoms. The average molecular weight is 193 g/mol. The highest BCUT2D eigenvalue weighted by Crippen LogP contribution is 2.34. The normalized spacial score (nSPS) is 19.0. The molecule has 76 valence electrons. The van der Waals surface area contributed by atoms with Crippen molar-refractivity contribution in [3.8, 4) is 0 Å². The first-order valence-corrected chi connectivity index (χ1v) is 5.03. The minimum Gasteiger partial charge on any atom is -0.322 e. The molecule has 0 amide bonds. The minimum atomic E-state index is -0.206. The molecule has 1 aromatic heterocycles. The maximum atomic E-state index is 11.3. The fraction of sp³-hybridized carbons (Fsp3) is 0.600. The van der Waals surface area contributed by atoms with E-state index in [1.54, 1.807) is 6.07 Å². The van der Waals surface area contributed by atoms with Crippen molar-refractivity contribution in [2.75, 3.05) is 0 Å². The van der Waals surface area contributed by atoms with E-state index in [0.717, 1.165) is 18.5 Å². The third-order valence-electron chi connectivity index (χ3n) is 2.73. The highest BCUT2D eigenvalue weighted by Gasteiger charge is 2.22. The largest absolute Gasteiger partial charge is 0.322 e. The van der Waals surface area contributed by atoms with Gasteiger partial charge in [0.2, 0.25) is 0 Å². The highest BCUT2D eigenvalue weighted by atomic mass is 16.1. The molecule has 1 heterocycles. The predicted molar refractivity (Wildman–Crippen MR) is 54.1 cm³/mol. The molecule has 1 aromatic rings. The number of nitrogens with one attached hydrogen (secondary N) is 1. The van der Waals surface area contributed by atoms with Gasteiger partial charge in [-0.15, -0.1) is 0 Å². The number of H-pyrrole nitrogens is 1. The van der Waals surface area contributed by atoms with Gasteiger partial charge in [-0.2, -0.15) is 0 Å². The van der Waals surface area contributed by atoms with Crippen molar-refractivity contribution in [1.29, 1.82) is 0 Å². The molecule has 0 bridgehead atoms. The molecule has 1 fully saturated rings. The molecule has 1 aliphatic carbocycles. The summed E-state index contributed by atoms with van der Waals surface area (Å²) in [6.45, 7) is 1.82. The summed E-state index contributed by atoms with van der Waals surface area (Å²) in [5.41, 5.74) is 6.50. The van der Waals surface area contributed by atoms with Crippen LogP contribution in [0.3, 0.4) is 0 Å². The Hall–Kier alpha value is -1.16. The topological polar surface area (TPSA) is 71.8 Å². The lowest BCUT2D eigenvalue weighted by Crippen LogP contribution is -2.21. The van der Waals surface area contributed by atoms with Crippen LogP contribution in [0.4, 0.5) is 0 Å². The van der Waals surface area contributed by atoms with Crippen LogP contribution in [0, 0.1) is 0 Å². The Morgan fingerprint density at radius 3 is 2.86 bits per heavy atom. The zero-order chi connectivity index (χ0) is 10.1. The van der Waals surface area contributed by atoms with Gasteiger partial charge in [0.15, 0.2) is 0 Å². The number of hydrogen-bond acceptors (Lipinski definition) is 3. The van der Waals surface area contributed by atoms with Crippen molar-refractivity contribution in [3.63, 3.8) is 0 Å². The van der Waals surface area contributed by atoms with Crippen molar-refractivity contribution in [2.24, 2.45) is 5.73 Å². The molecule has 1 unspecified atom stereocenters. The van der Waals surface area contributed by atoms with E-state index in [2.05, 4.69) is 9.97 Å². The van der Waals surface area contributed by atoms with Crippen LogP contribution in [-0.2, 0) is 0 Å². The van der Waals surface area contributed by atoms with Crippen molar-refractivity contribution >= 4 is 0 Å². The van der Waals surface area contributed by atoms with Crippen molar-refractivity contribution in [3.05, 3.63) is 27.9 Å². The summed E-state index contributed by atoms with van der Waals surface area (Å²) >= 11 is 0. The SMILES string of the molecule is CC(N)c1nc(C2CCC2)cc(=O)[nH]1. The first-order chi connectivity index (χ1) is 6.66. The predicted octanol–water partition coefficient (Wildman–Crippen LogP) is 1.06. The van der Waals surface area contributed by atoms with Gasteiger partial charge in [-0.3, -0.25) is 4.79 Å². The van der Waals surface area contributed by atoms with Gasteiger partial charge in [-0.25, -0.2) is 4.98 Å². The van der Waals surface area contributed by atoms with E-state index in [0.29, 0.717) is 11.7 Å². The molecule has 0 spiro atoms. The minimum absolute atomic E-state index is 0.0887. The van der Waals surface area contributed by atoms with Gasteiger partial charge in [0, 0.05) is 12.0 Å². The fourth-order valence-corrected chi connectivity index (χ4v) is 1.62. The van der Waals surface area contributed by atoms with Gasteiger partial charge in [0.1, 0.15) is 5.82 Å². The quantitative estimate of drug-likeness (QED) is 0.737. The summed E-state index contributed by atoms with van der Waals surface area (Å²) < 4.78 is 0. The lowest BCUT2D eigenvalue weighted by atomic mass is 9.83. The maximum Gasteiger partial charge on any atom is 0.251 e. The zero-order valence-electron chi connectivity index (χ0n) is 8.29. The first-order valence-electron chi connectivity index (χ1n) is 5.03. The third kappa shape index (κ3) is 1.70. The van der Waals surface area contributed by atoms with E-state index in [4.69, 9.17) is 5.73 Å². The number of aromatic nitrogens is 2. The Balaban J connectivity index is 2.35. The number of nitrogens with zero attached hydrogens (tertiary/aromatic N) is 1. The van der Waals surface area contributed by atoms with Crippen molar-refractivity contribution in [1.82, 2.24) is 9.97 Å². The molecule has 1 saturated carbocycles. The van der Waals surface area contributed by atoms with E-state index in [-0.39, 0.29) is 11.6 Å². The van der Waals surface area contributed by atoms with Gasteiger partial charge < -0.3 is 10.7 Å². The Morgan fingerprint density at radius 1 is 1.64 bits per heavy atom. The van der Waals surface area contributed by atoms with Crippen LogP contribution >= 0.6 is 0 Å². The van der Waals surface area contributed by atoms with E-state index < -0.39 is 0 Å². The number of aromatic amines is 1.